The Morgan fingerprint density at radius 2 is 1.91 bits per heavy atom. The highest BCUT2D eigenvalue weighted by Gasteiger charge is 2.23. The molecule has 1 amide bonds. The lowest BCUT2D eigenvalue weighted by molar-refractivity contribution is 0.0593. The van der Waals surface area contributed by atoms with Gasteiger partial charge in [-0.25, -0.2) is 0 Å². The SMILES string of the molecule is Cn1c(C(=O)NC[C@@H](O)CN2CCC(Oc3ccc(Cl)c(Cl)c3)CC2)cc2ccccc21. The van der Waals surface area contributed by atoms with Crippen molar-refractivity contribution in [1.82, 2.24) is 14.8 Å². The lowest BCUT2D eigenvalue weighted by Crippen LogP contribution is -2.45. The Kier molecular flexibility index (Phi) is 7.26. The van der Waals surface area contributed by atoms with Crippen LogP contribution in [0.4, 0.5) is 0 Å². The van der Waals surface area contributed by atoms with Crippen LogP contribution < -0.4 is 10.1 Å². The fourth-order valence-electron chi connectivity index (χ4n) is 4.12. The molecule has 0 spiro atoms. The molecule has 1 fully saturated rings. The highest BCUT2D eigenvalue weighted by molar-refractivity contribution is 6.42. The summed E-state index contributed by atoms with van der Waals surface area (Å²) in [6.45, 7) is 2.36. The molecule has 1 saturated heterocycles. The van der Waals surface area contributed by atoms with E-state index in [1.807, 2.05) is 48.0 Å². The van der Waals surface area contributed by atoms with Crippen LogP contribution in [-0.2, 0) is 7.05 Å². The highest BCUT2D eigenvalue weighted by atomic mass is 35.5. The number of hydrogen-bond acceptors (Lipinski definition) is 4. The van der Waals surface area contributed by atoms with Crippen molar-refractivity contribution in [2.45, 2.75) is 25.0 Å². The Bertz CT molecular complexity index is 1090. The summed E-state index contributed by atoms with van der Waals surface area (Å²) in [5.41, 5.74) is 1.59. The number of nitrogens with one attached hydrogen (secondary N) is 1. The zero-order chi connectivity index (χ0) is 22.7. The first-order chi connectivity index (χ1) is 15.4. The minimum Gasteiger partial charge on any atom is -0.490 e. The number of piperidine rings is 1. The molecule has 1 aliphatic rings. The minimum atomic E-state index is -0.638. The maximum atomic E-state index is 12.6. The van der Waals surface area contributed by atoms with Crippen molar-refractivity contribution in [1.29, 1.82) is 0 Å². The van der Waals surface area contributed by atoms with Crippen LogP contribution in [0.2, 0.25) is 10.0 Å². The van der Waals surface area contributed by atoms with E-state index in [9.17, 15) is 9.90 Å². The summed E-state index contributed by atoms with van der Waals surface area (Å²) in [6.07, 6.45) is 1.18. The third-order valence-corrected chi connectivity index (χ3v) is 6.62. The van der Waals surface area contributed by atoms with Crippen molar-refractivity contribution in [3.8, 4) is 5.75 Å². The van der Waals surface area contributed by atoms with E-state index >= 15 is 0 Å². The summed E-state index contributed by atoms with van der Waals surface area (Å²) in [6, 6.07) is 15.0. The third kappa shape index (κ3) is 5.38. The second-order valence-corrected chi connectivity index (χ2v) is 9.02. The van der Waals surface area contributed by atoms with Crippen molar-refractivity contribution in [3.63, 3.8) is 0 Å². The number of aromatic nitrogens is 1. The summed E-state index contributed by atoms with van der Waals surface area (Å²) in [7, 11) is 1.87. The molecule has 0 saturated carbocycles. The van der Waals surface area contributed by atoms with E-state index in [0.29, 0.717) is 28.0 Å². The van der Waals surface area contributed by atoms with Crippen molar-refractivity contribution >= 4 is 40.0 Å². The van der Waals surface area contributed by atoms with E-state index in [-0.39, 0.29) is 18.6 Å². The number of ether oxygens (including phenoxy) is 1. The van der Waals surface area contributed by atoms with Gasteiger partial charge in [-0.05, 0) is 37.1 Å². The van der Waals surface area contributed by atoms with Crippen LogP contribution in [0.5, 0.6) is 5.75 Å². The second-order valence-electron chi connectivity index (χ2n) is 8.20. The fraction of sp³-hybridized carbons (Fsp3) is 0.375. The molecule has 32 heavy (non-hydrogen) atoms. The first-order valence-corrected chi connectivity index (χ1v) is 11.5. The number of benzene rings is 2. The molecule has 8 heteroatoms. The molecule has 2 aromatic carbocycles. The van der Waals surface area contributed by atoms with E-state index in [1.165, 1.54) is 0 Å². The van der Waals surface area contributed by atoms with Crippen molar-refractivity contribution < 1.29 is 14.6 Å². The number of aryl methyl sites for hydroxylation is 1. The van der Waals surface area contributed by atoms with Crippen molar-refractivity contribution in [3.05, 3.63) is 64.3 Å². The molecule has 6 nitrogen and oxygen atoms in total. The second kappa shape index (κ2) is 10.1. The monoisotopic (exact) mass is 475 g/mol. The predicted molar refractivity (Wildman–Crippen MR) is 128 cm³/mol. The number of β-amino-alcohol motifs (C(OH)–C–C–N with tert-alkyl or cyclic N) is 1. The number of aliphatic hydroxyl groups is 1. The van der Waals surface area contributed by atoms with Gasteiger partial charge >= 0.3 is 0 Å². The highest BCUT2D eigenvalue weighted by Crippen LogP contribution is 2.28. The van der Waals surface area contributed by atoms with Gasteiger partial charge in [0.25, 0.3) is 5.91 Å². The Balaban J connectivity index is 1.22. The maximum absolute atomic E-state index is 12.6. The molecule has 4 rings (SSSR count). The molecular formula is C24H27Cl2N3O3. The van der Waals surface area contributed by atoms with Crippen LogP contribution in [-0.4, -0.2) is 58.9 Å². The molecule has 2 N–H and O–H groups in total. The smallest absolute Gasteiger partial charge is 0.268 e. The maximum Gasteiger partial charge on any atom is 0.268 e. The number of halogens is 2. The standard InChI is InChI=1S/C24H27Cl2N3O3/c1-28-22-5-3-2-4-16(22)12-23(28)24(31)27-14-17(30)15-29-10-8-18(9-11-29)32-19-6-7-20(25)21(26)13-19/h2-7,12-13,17-18,30H,8-11,14-15H2,1H3,(H,27,31)/t17-/m1/s1. The Morgan fingerprint density at radius 1 is 1.16 bits per heavy atom. The number of fused-ring (bicyclic) bond motifs is 1. The number of carbonyl (C=O) groups excluding carboxylic acids is 1. The van der Waals surface area contributed by atoms with Crippen molar-refractivity contribution in [2.24, 2.45) is 7.05 Å². The summed E-state index contributed by atoms with van der Waals surface area (Å²) >= 11 is 12.0. The van der Waals surface area contributed by atoms with Gasteiger partial charge < -0.3 is 24.6 Å². The topological polar surface area (TPSA) is 66.7 Å². The first-order valence-electron chi connectivity index (χ1n) is 10.8. The zero-order valence-corrected chi connectivity index (χ0v) is 19.4. The van der Waals surface area contributed by atoms with E-state index < -0.39 is 6.10 Å². The number of carbonyl (C=O) groups is 1. The van der Waals surface area contributed by atoms with Crippen LogP contribution in [0.1, 0.15) is 23.3 Å². The van der Waals surface area contributed by atoms with E-state index in [0.717, 1.165) is 36.8 Å². The van der Waals surface area contributed by atoms with Gasteiger partial charge in [0.05, 0.1) is 16.1 Å². The van der Waals surface area contributed by atoms with Gasteiger partial charge in [0.1, 0.15) is 17.5 Å². The normalized spacial score (nSPS) is 16.2. The van der Waals surface area contributed by atoms with Crippen LogP contribution in [0.3, 0.4) is 0 Å². The van der Waals surface area contributed by atoms with Crippen LogP contribution >= 0.6 is 23.2 Å². The van der Waals surface area contributed by atoms with E-state index in [1.54, 1.807) is 12.1 Å². The molecule has 3 aromatic rings. The number of nitrogens with zero attached hydrogens (tertiary/aromatic N) is 2. The Hall–Kier alpha value is -2.25. The number of amides is 1. The molecule has 2 heterocycles. The summed E-state index contributed by atoms with van der Waals surface area (Å²) in [5.74, 6) is 0.533. The average molecular weight is 476 g/mol. The number of rotatable bonds is 7. The molecule has 1 aliphatic heterocycles. The molecule has 1 atom stereocenters. The predicted octanol–water partition coefficient (Wildman–Crippen LogP) is 4.12. The Labute approximate surface area is 197 Å². The zero-order valence-electron chi connectivity index (χ0n) is 17.9. The lowest BCUT2D eigenvalue weighted by Gasteiger charge is -2.33. The summed E-state index contributed by atoms with van der Waals surface area (Å²) in [5, 5.41) is 15.3. The van der Waals surface area contributed by atoms with E-state index in [2.05, 4.69) is 10.2 Å². The molecule has 0 aliphatic carbocycles. The molecule has 0 radical (unpaired) electrons. The fourth-order valence-corrected chi connectivity index (χ4v) is 4.41. The van der Waals surface area contributed by atoms with Gasteiger partial charge in [-0.1, -0.05) is 41.4 Å². The van der Waals surface area contributed by atoms with Crippen LogP contribution in [0.15, 0.2) is 48.5 Å². The summed E-state index contributed by atoms with van der Waals surface area (Å²) in [4.78, 5) is 14.8. The molecule has 1 aromatic heterocycles. The minimum absolute atomic E-state index is 0.104. The molecule has 0 bridgehead atoms. The van der Waals surface area contributed by atoms with Gasteiger partial charge in [-0.2, -0.15) is 0 Å². The largest absolute Gasteiger partial charge is 0.490 e. The van der Waals surface area contributed by atoms with Gasteiger partial charge in [0, 0.05) is 50.2 Å². The molecule has 170 valence electrons. The van der Waals surface area contributed by atoms with Crippen molar-refractivity contribution in [2.75, 3.05) is 26.2 Å². The van der Waals surface area contributed by atoms with E-state index in [4.69, 9.17) is 27.9 Å². The molecular weight excluding hydrogens is 449 g/mol. The Morgan fingerprint density at radius 3 is 2.62 bits per heavy atom. The van der Waals surface area contributed by atoms with Crippen LogP contribution in [0.25, 0.3) is 10.9 Å². The van der Waals surface area contributed by atoms with Crippen LogP contribution in [0, 0.1) is 0 Å². The van der Waals surface area contributed by atoms with Gasteiger partial charge in [-0.3, -0.25) is 4.79 Å². The van der Waals surface area contributed by atoms with Gasteiger partial charge in [-0.15, -0.1) is 0 Å². The first kappa shape index (κ1) is 22.9. The molecule has 0 unspecified atom stereocenters. The van der Waals surface area contributed by atoms with Gasteiger partial charge in [0.15, 0.2) is 0 Å². The number of likely N-dealkylation sites (tertiary alicyclic amines) is 1. The number of hydrogen-bond donors (Lipinski definition) is 2. The average Bonchev–Trinajstić information content (AvgIpc) is 3.13. The quantitative estimate of drug-likeness (QED) is 0.539. The van der Waals surface area contributed by atoms with Gasteiger partial charge in [0.2, 0.25) is 0 Å². The lowest BCUT2D eigenvalue weighted by atomic mass is 10.1. The number of aliphatic hydroxyl groups excluding tert-OH is 1. The summed E-state index contributed by atoms with van der Waals surface area (Å²) < 4.78 is 7.89. The number of para-hydroxylation sites is 1. The third-order valence-electron chi connectivity index (χ3n) is 5.88.